The second kappa shape index (κ2) is 2.28. The van der Waals surface area contributed by atoms with Crippen LogP contribution < -0.4 is 4.98 Å². The molecule has 0 unspecified atom stereocenters. The Hall–Kier alpha value is -0.0831. The maximum absolute atomic E-state index is 3.86. The number of hydrogen-bond acceptors (Lipinski definition) is 1. The summed E-state index contributed by atoms with van der Waals surface area (Å²) in [6.07, 6.45) is 2.53. The van der Waals surface area contributed by atoms with Crippen LogP contribution in [0.2, 0.25) is 0 Å². The molecular weight excluding hydrogens is 102 g/mol. The topological polar surface area (TPSA) is 12.0 Å². The van der Waals surface area contributed by atoms with Gasteiger partial charge in [-0.15, -0.1) is 6.58 Å². The van der Waals surface area contributed by atoms with Gasteiger partial charge in [0.1, 0.15) is 0 Å². The first-order valence-corrected chi connectivity index (χ1v) is 3.56. The Morgan fingerprint density at radius 1 is 1.71 bits per heavy atom. The summed E-state index contributed by atoms with van der Waals surface area (Å²) in [5, 5.41) is 1.38. The Morgan fingerprint density at radius 2 is 2.57 bits per heavy atom. The molecule has 1 saturated heterocycles. The van der Waals surface area contributed by atoms with E-state index in [2.05, 4.69) is 11.6 Å². The van der Waals surface area contributed by atoms with Gasteiger partial charge in [0.05, 0.1) is 0 Å². The Morgan fingerprint density at radius 3 is 2.86 bits per heavy atom. The van der Waals surface area contributed by atoms with Crippen LogP contribution in [0, 0.1) is 0 Å². The Labute approximate surface area is 46.7 Å². The first kappa shape index (κ1) is 5.06. The van der Waals surface area contributed by atoms with Crippen LogP contribution >= 0.6 is 0 Å². The summed E-state index contributed by atoms with van der Waals surface area (Å²) >= 11 is 0. The predicted molar refractivity (Wildman–Crippen MR) is 32.1 cm³/mol. The van der Waals surface area contributed by atoms with Crippen LogP contribution in [-0.2, 0) is 0 Å². The minimum absolute atomic E-state index is 0.831. The van der Waals surface area contributed by atoms with E-state index in [0.717, 1.165) is 9.68 Å². The third-order valence-corrected chi connectivity index (χ3v) is 2.08. The van der Waals surface area contributed by atoms with Crippen molar-refractivity contribution >= 4 is 9.68 Å². The summed E-state index contributed by atoms with van der Waals surface area (Å²) < 4.78 is 0. The van der Waals surface area contributed by atoms with Crippen molar-refractivity contribution < 1.29 is 0 Å². The average Bonchev–Trinajstić information content (AvgIpc) is 1.69. The summed E-state index contributed by atoms with van der Waals surface area (Å²) in [4.78, 5) is 3.26. The highest BCUT2D eigenvalue weighted by atomic mass is 28.2. The van der Waals surface area contributed by atoms with Gasteiger partial charge in [-0.1, -0.05) is 5.20 Å². The average molecular weight is 111 g/mol. The van der Waals surface area contributed by atoms with E-state index in [-0.39, 0.29) is 0 Å². The van der Waals surface area contributed by atoms with E-state index in [0.29, 0.717) is 0 Å². The zero-order chi connectivity index (χ0) is 5.11. The van der Waals surface area contributed by atoms with E-state index in [1.54, 1.807) is 0 Å². The standard InChI is InChI=1S/C5H9NSi/c1-5-3-2-4-6-7-5/h6H,1-4H2. The lowest BCUT2D eigenvalue weighted by Crippen LogP contribution is -2.26. The molecule has 0 spiro atoms. The van der Waals surface area contributed by atoms with E-state index in [4.69, 9.17) is 0 Å². The van der Waals surface area contributed by atoms with E-state index < -0.39 is 0 Å². The van der Waals surface area contributed by atoms with Gasteiger partial charge in [-0.2, -0.15) is 0 Å². The van der Waals surface area contributed by atoms with Gasteiger partial charge in [-0.05, 0) is 19.4 Å². The molecule has 1 N–H and O–H groups in total. The SMILES string of the molecule is C=C1CCCN[Si]1. The summed E-state index contributed by atoms with van der Waals surface area (Å²) in [7, 11) is 0.831. The van der Waals surface area contributed by atoms with Gasteiger partial charge in [-0.25, -0.2) is 0 Å². The van der Waals surface area contributed by atoms with Gasteiger partial charge < -0.3 is 4.98 Å². The first-order valence-electron chi connectivity index (χ1n) is 2.56. The third kappa shape index (κ3) is 1.45. The molecule has 0 amide bonds. The van der Waals surface area contributed by atoms with Gasteiger partial charge in [0.15, 0.2) is 9.68 Å². The number of hydrogen-bond donors (Lipinski definition) is 1. The van der Waals surface area contributed by atoms with E-state index in [9.17, 15) is 0 Å². The van der Waals surface area contributed by atoms with Crippen molar-refractivity contribution in [3.05, 3.63) is 11.8 Å². The lowest BCUT2D eigenvalue weighted by Gasteiger charge is -2.10. The number of nitrogens with one attached hydrogen (secondary N) is 1. The van der Waals surface area contributed by atoms with Crippen LogP contribution in [0.1, 0.15) is 12.8 Å². The van der Waals surface area contributed by atoms with Crippen LogP contribution in [-0.4, -0.2) is 16.2 Å². The zero-order valence-electron chi connectivity index (χ0n) is 4.33. The van der Waals surface area contributed by atoms with Crippen molar-refractivity contribution in [3.63, 3.8) is 0 Å². The highest BCUT2D eigenvalue weighted by Crippen LogP contribution is 2.01. The molecule has 0 saturated carbocycles. The Kier molecular flexibility index (Phi) is 1.65. The molecule has 0 aromatic carbocycles. The molecule has 0 atom stereocenters. The maximum Gasteiger partial charge on any atom is 0.174 e. The molecule has 2 heteroatoms. The maximum atomic E-state index is 3.86. The fourth-order valence-corrected chi connectivity index (χ4v) is 1.49. The summed E-state index contributed by atoms with van der Waals surface area (Å²) in [6.45, 7) is 5.06. The second-order valence-corrected chi connectivity index (χ2v) is 3.07. The van der Waals surface area contributed by atoms with Crippen molar-refractivity contribution in [3.8, 4) is 0 Å². The quantitative estimate of drug-likeness (QED) is 0.449. The van der Waals surface area contributed by atoms with Crippen LogP contribution in [0.3, 0.4) is 0 Å². The normalized spacial score (nSPS) is 22.6. The smallest absolute Gasteiger partial charge is 0.174 e. The van der Waals surface area contributed by atoms with Crippen molar-refractivity contribution in [2.75, 3.05) is 6.54 Å². The summed E-state index contributed by atoms with van der Waals surface area (Å²) in [5.74, 6) is 0. The Balaban J connectivity index is 2.25. The molecule has 2 radical (unpaired) electrons. The molecule has 1 rings (SSSR count). The summed E-state index contributed by atoms with van der Waals surface area (Å²) in [5.41, 5.74) is 0. The van der Waals surface area contributed by atoms with Gasteiger partial charge in [0.25, 0.3) is 0 Å². The van der Waals surface area contributed by atoms with Gasteiger partial charge in [0, 0.05) is 0 Å². The molecular formula is C5H9NSi. The van der Waals surface area contributed by atoms with Crippen molar-refractivity contribution in [1.29, 1.82) is 0 Å². The third-order valence-electron chi connectivity index (χ3n) is 1.05. The van der Waals surface area contributed by atoms with Gasteiger partial charge in [-0.3, -0.25) is 0 Å². The molecule has 1 aliphatic rings. The molecule has 38 valence electrons. The molecule has 1 aliphatic heterocycles. The minimum Gasteiger partial charge on any atom is -0.336 e. The molecule has 1 nitrogen and oxygen atoms in total. The van der Waals surface area contributed by atoms with Crippen molar-refractivity contribution in [2.24, 2.45) is 0 Å². The largest absolute Gasteiger partial charge is 0.336 e. The van der Waals surface area contributed by atoms with Crippen molar-refractivity contribution in [1.82, 2.24) is 4.98 Å². The molecule has 0 bridgehead atoms. The highest BCUT2D eigenvalue weighted by Gasteiger charge is 2.01. The first-order chi connectivity index (χ1) is 3.39. The summed E-state index contributed by atoms with van der Waals surface area (Å²) in [6, 6.07) is 0. The van der Waals surface area contributed by atoms with Gasteiger partial charge in [0.2, 0.25) is 0 Å². The zero-order valence-corrected chi connectivity index (χ0v) is 5.33. The van der Waals surface area contributed by atoms with Crippen LogP contribution in [0.4, 0.5) is 0 Å². The van der Waals surface area contributed by atoms with Gasteiger partial charge >= 0.3 is 0 Å². The highest BCUT2D eigenvalue weighted by molar-refractivity contribution is 6.42. The molecule has 0 aliphatic carbocycles. The van der Waals surface area contributed by atoms with Crippen molar-refractivity contribution in [2.45, 2.75) is 12.8 Å². The monoisotopic (exact) mass is 111 g/mol. The van der Waals surface area contributed by atoms with Crippen LogP contribution in [0.5, 0.6) is 0 Å². The number of allylic oxidation sites excluding steroid dienone is 1. The Bertz CT molecular complexity index is 72.1. The molecule has 1 fully saturated rings. The predicted octanol–water partition coefficient (Wildman–Crippen LogP) is 0.503. The lowest BCUT2D eigenvalue weighted by atomic mass is 10.3. The molecule has 7 heavy (non-hydrogen) atoms. The lowest BCUT2D eigenvalue weighted by molar-refractivity contribution is 0.767. The van der Waals surface area contributed by atoms with Crippen LogP contribution in [0.25, 0.3) is 0 Å². The molecule has 1 heterocycles. The fourth-order valence-electron chi connectivity index (χ4n) is 0.640. The molecule has 0 aromatic rings. The van der Waals surface area contributed by atoms with Crippen LogP contribution in [0.15, 0.2) is 11.8 Å². The minimum atomic E-state index is 0.831. The molecule has 0 aromatic heterocycles. The number of rotatable bonds is 0. The van der Waals surface area contributed by atoms with E-state index >= 15 is 0 Å². The second-order valence-electron chi connectivity index (χ2n) is 1.76. The van der Waals surface area contributed by atoms with E-state index in [1.807, 2.05) is 0 Å². The fraction of sp³-hybridized carbons (Fsp3) is 0.600. The van der Waals surface area contributed by atoms with E-state index in [1.165, 1.54) is 24.6 Å².